The highest BCUT2D eigenvalue weighted by Gasteiger charge is 1.98. The Bertz CT molecular complexity index is 341. The average molecular weight is 175 g/mol. The Labute approximate surface area is 76.1 Å². The van der Waals surface area contributed by atoms with Crippen LogP contribution in [0.25, 0.3) is 5.57 Å². The third-order valence-corrected chi connectivity index (χ3v) is 1.66. The molecular weight excluding hydrogens is 166 g/mol. The van der Waals surface area contributed by atoms with E-state index in [1.165, 1.54) is 6.08 Å². The first-order valence-electron chi connectivity index (χ1n) is 3.85. The molecule has 1 aromatic rings. The summed E-state index contributed by atoms with van der Waals surface area (Å²) >= 11 is 0. The van der Waals surface area contributed by atoms with Crippen LogP contribution >= 0.6 is 0 Å². The molecular formula is C10H9NO2. The van der Waals surface area contributed by atoms with Gasteiger partial charge in [0.15, 0.2) is 0 Å². The van der Waals surface area contributed by atoms with Gasteiger partial charge in [-0.1, -0.05) is 30.3 Å². The van der Waals surface area contributed by atoms with Crippen molar-refractivity contribution >= 4 is 11.5 Å². The molecule has 1 amide bonds. The fourth-order valence-corrected chi connectivity index (χ4v) is 0.996. The van der Waals surface area contributed by atoms with Crippen molar-refractivity contribution in [3.63, 3.8) is 0 Å². The van der Waals surface area contributed by atoms with Crippen LogP contribution in [0, 0.1) is 4.91 Å². The van der Waals surface area contributed by atoms with Crippen molar-refractivity contribution in [1.29, 1.82) is 0 Å². The Morgan fingerprint density at radius 3 is 2.46 bits per heavy atom. The van der Waals surface area contributed by atoms with Gasteiger partial charge in [0, 0.05) is 11.3 Å². The van der Waals surface area contributed by atoms with Crippen LogP contribution in [0.3, 0.4) is 0 Å². The molecule has 0 unspecified atom stereocenters. The third kappa shape index (κ3) is 2.63. The van der Waals surface area contributed by atoms with E-state index in [2.05, 4.69) is 5.18 Å². The second-order valence-corrected chi connectivity index (χ2v) is 2.62. The Kier molecular flexibility index (Phi) is 3.09. The Hall–Kier alpha value is -1.77. The molecule has 0 aliphatic rings. The number of nitrogens with zero attached hydrogens (tertiary/aromatic N) is 1. The second-order valence-electron chi connectivity index (χ2n) is 2.62. The lowest BCUT2D eigenvalue weighted by atomic mass is 10.1. The molecule has 0 heterocycles. The van der Waals surface area contributed by atoms with E-state index in [0.29, 0.717) is 0 Å². The number of nitroso groups, excluding NO2 is 1. The monoisotopic (exact) mass is 175 g/mol. The number of amides is 1. The lowest BCUT2D eigenvalue weighted by molar-refractivity contribution is -0.113. The molecule has 0 saturated carbocycles. The zero-order valence-corrected chi connectivity index (χ0v) is 7.23. The lowest BCUT2D eigenvalue weighted by Crippen LogP contribution is -1.87. The number of hydrogen-bond acceptors (Lipinski definition) is 2. The molecule has 13 heavy (non-hydrogen) atoms. The number of hydrogen-bond donors (Lipinski definition) is 0. The molecule has 0 fully saturated rings. The van der Waals surface area contributed by atoms with E-state index in [1.54, 1.807) is 6.92 Å². The molecule has 3 nitrogen and oxygen atoms in total. The number of rotatable bonds is 2. The standard InChI is InChI=1S/C10H9NO2/c1-8(7-10(12)11-13)9-5-3-2-4-6-9/h2-7H,1H3/b8-7-. The fourth-order valence-electron chi connectivity index (χ4n) is 0.996. The minimum Gasteiger partial charge on any atom is -0.264 e. The van der Waals surface area contributed by atoms with Crippen LogP contribution in [0.2, 0.25) is 0 Å². The predicted molar refractivity (Wildman–Crippen MR) is 50.9 cm³/mol. The molecule has 0 aromatic heterocycles. The number of benzene rings is 1. The molecule has 0 saturated heterocycles. The Balaban J connectivity index is 2.91. The van der Waals surface area contributed by atoms with Crippen molar-refractivity contribution in [1.82, 2.24) is 0 Å². The van der Waals surface area contributed by atoms with Gasteiger partial charge in [0.25, 0.3) is 0 Å². The van der Waals surface area contributed by atoms with E-state index >= 15 is 0 Å². The minimum atomic E-state index is -0.749. The van der Waals surface area contributed by atoms with Crippen LogP contribution in [0.4, 0.5) is 0 Å². The molecule has 0 N–H and O–H groups in total. The molecule has 0 bridgehead atoms. The van der Waals surface area contributed by atoms with Gasteiger partial charge in [0.05, 0.1) is 0 Å². The van der Waals surface area contributed by atoms with E-state index in [0.717, 1.165) is 11.1 Å². The smallest absolute Gasteiger partial charge is 0.264 e. The summed E-state index contributed by atoms with van der Waals surface area (Å²) in [4.78, 5) is 20.5. The summed E-state index contributed by atoms with van der Waals surface area (Å²) in [6.07, 6.45) is 1.22. The lowest BCUT2D eigenvalue weighted by Gasteiger charge is -1.97. The van der Waals surface area contributed by atoms with E-state index in [9.17, 15) is 9.70 Å². The van der Waals surface area contributed by atoms with Gasteiger partial charge in [0.1, 0.15) is 0 Å². The van der Waals surface area contributed by atoms with Crippen molar-refractivity contribution in [2.75, 3.05) is 0 Å². The largest absolute Gasteiger partial charge is 0.309 e. The van der Waals surface area contributed by atoms with Gasteiger partial charge in [-0.15, -0.1) is 4.91 Å². The molecule has 0 aliphatic carbocycles. The van der Waals surface area contributed by atoms with Crippen molar-refractivity contribution < 1.29 is 4.79 Å². The van der Waals surface area contributed by atoms with Gasteiger partial charge in [-0.2, -0.15) is 0 Å². The number of allylic oxidation sites excluding steroid dienone is 1. The normalized spacial score (nSPS) is 11.0. The molecule has 0 aliphatic heterocycles. The zero-order chi connectivity index (χ0) is 9.68. The summed E-state index contributed by atoms with van der Waals surface area (Å²) < 4.78 is 0. The van der Waals surface area contributed by atoms with Crippen LogP contribution in [0.1, 0.15) is 12.5 Å². The van der Waals surface area contributed by atoms with Gasteiger partial charge in [-0.3, -0.25) is 4.79 Å². The van der Waals surface area contributed by atoms with Gasteiger partial charge in [0.2, 0.25) is 0 Å². The summed E-state index contributed by atoms with van der Waals surface area (Å²) in [5.41, 5.74) is 1.66. The molecule has 0 radical (unpaired) electrons. The summed E-state index contributed by atoms with van der Waals surface area (Å²) in [6.45, 7) is 1.76. The molecule has 0 spiro atoms. The van der Waals surface area contributed by atoms with Crippen molar-refractivity contribution in [3.05, 3.63) is 46.9 Å². The van der Waals surface area contributed by atoms with Crippen LogP contribution in [0.5, 0.6) is 0 Å². The first kappa shape index (κ1) is 9.32. The average Bonchev–Trinajstić information content (AvgIpc) is 2.19. The van der Waals surface area contributed by atoms with Gasteiger partial charge >= 0.3 is 5.91 Å². The molecule has 1 aromatic carbocycles. The van der Waals surface area contributed by atoms with Gasteiger partial charge < -0.3 is 0 Å². The number of carbonyl (C=O) groups excluding carboxylic acids is 1. The van der Waals surface area contributed by atoms with Crippen molar-refractivity contribution in [2.45, 2.75) is 6.92 Å². The zero-order valence-electron chi connectivity index (χ0n) is 7.23. The summed E-state index contributed by atoms with van der Waals surface area (Å²) in [5.74, 6) is -0.749. The van der Waals surface area contributed by atoms with E-state index in [-0.39, 0.29) is 0 Å². The molecule has 3 heteroatoms. The van der Waals surface area contributed by atoms with Crippen molar-refractivity contribution in [3.8, 4) is 0 Å². The quantitative estimate of drug-likeness (QED) is 0.511. The highest BCUT2D eigenvalue weighted by Crippen LogP contribution is 2.12. The van der Waals surface area contributed by atoms with Crippen LogP contribution in [0.15, 0.2) is 41.6 Å². The third-order valence-electron chi connectivity index (χ3n) is 1.66. The van der Waals surface area contributed by atoms with Gasteiger partial charge in [-0.05, 0) is 18.1 Å². The van der Waals surface area contributed by atoms with E-state index < -0.39 is 5.91 Å². The minimum absolute atomic E-state index is 0.741. The summed E-state index contributed by atoms with van der Waals surface area (Å²) in [6, 6.07) is 9.35. The summed E-state index contributed by atoms with van der Waals surface area (Å²) in [5, 5.41) is 2.29. The first-order chi connectivity index (χ1) is 6.24. The molecule has 0 atom stereocenters. The van der Waals surface area contributed by atoms with Crippen molar-refractivity contribution in [2.24, 2.45) is 5.18 Å². The molecule has 1 rings (SSSR count). The maximum atomic E-state index is 10.6. The number of carbonyl (C=O) groups is 1. The highest BCUT2D eigenvalue weighted by molar-refractivity contribution is 5.95. The Morgan fingerprint density at radius 1 is 1.31 bits per heavy atom. The molecule has 66 valence electrons. The first-order valence-corrected chi connectivity index (χ1v) is 3.85. The van der Waals surface area contributed by atoms with Crippen LogP contribution in [-0.4, -0.2) is 5.91 Å². The second kappa shape index (κ2) is 4.30. The topological polar surface area (TPSA) is 46.5 Å². The maximum absolute atomic E-state index is 10.6. The van der Waals surface area contributed by atoms with E-state index in [1.807, 2.05) is 30.3 Å². The maximum Gasteiger partial charge on any atom is 0.309 e. The SMILES string of the molecule is C/C(=C/C(=O)N=O)c1ccccc1. The summed E-state index contributed by atoms with van der Waals surface area (Å²) in [7, 11) is 0. The van der Waals surface area contributed by atoms with Gasteiger partial charge in [-0.25, -0.2) is 0 Å². The van der Waals surface area contributed by atoms with Crippen LogP contribution < -0.4 is 0 Å². The Morgan fingerprint density at radius 2 is 1.92 bits per heavy atom. The van der Waals surface area contributed by atoms with Crippen LogP contribution in [-0.2, 0) is 4.79 Å². The fraction of sp³-hybridized carbons (Fsp3) is 0.100. The van der Waals surface area contributed by atoms with E-state index in [4.69, 9.17) is 0 Å². The predicted octanol–water partition coefficient (Wildman–Crippen LogP) is 2.38. The highest BCUT2D eigenvalue weighted by atomic mass is 16.3.